The van der Waals surface area contributed by atoms with Gasteiger partial charge in [0, 0.05) is 70.7 Å². The molecule has 10 heteroatoms. The number of para-hydroxylation sites is 12. The van der Waals surface area contributed by atoms with Gasteiger partial charge in [-0.1, -0.05) is 187 Å². The number of fused-ring (bicyclic) bond motifs is 15. The van der Waals surface area contributed by atoms with Crippen molar-refractivity contribution in [3.8, 4) is 0 Å². The molecule has 18 rings (SSSR count). The van der Waals surface area contributed by atoms with Crippen molar-refractivity contribution in [2.24, 2.45) is 14.1 Å². The standard InChI is InChI=1S/C21H20N2.C18H17N2.C17H15N2.2C16H18N2/c1-16-10-6-7-13-19(16)23-17(2)22(18-11-4-3-5-12-18)20-14-8-9-15-21(20)23;1-12-7-6-10-16-14-8-4-5-9-15(14)17-11-13(2)19(3)20(17)18(12)16;1-12-6-5-9-15-13-7-3-4-8-14(13)16-10-11-18(2)19(16)17(12)15;2*1-12-8-4-5-9-14(12)18-13(2)17(3)15-10-6-7-11-16(15)18/h3-15,17H,1-2H3;4-11H,1-3H3;3-11H,1-2H3;2*4-11,13H,1-3H3/q;2*+1;;/t17-;;;2*13-/m1..11/s1. The summed E-state index contributed by atoms with van der Waals surface area (Å²) in [5, 5.41) is 7.91. The minimum atomic E-state index is 0.232. The third-order valence-electron chi connectivity index (χ3n) is 20.5. The van der Waals surface area contributed by atoms with E-state index in [1.54, 1.807) is 0 Å². The molecule has 0 saturated heterocycles. The molecule has 0 radical (unpaired) electrons. The van der Waals surface area contributed by atoms with Crippen molar-refractivity contribution in [2.45, 2.75) is 80.8 Å². The predicted molar refractivity (Wildman–Crippen MR) is 414 cm³/mol. The molecule has 7 heterocycles. The molecule has 0 fully saturated rings. The molecule has 11 aromatic carbocycles. The normalized spacial score (nSPS) is 15.2. The zero-order valence-electron chi connectivity index (χ0n) is 58.8. The van der Waals surface area contributed by atoms with Crippen molar-refractivity contribution in [1.82, 2.24) is 9.20 Å². The van der Waals surface area contributed by atoms with Crippen molar-refractivity contribution in [3.63, 3.8) is 0 Å². The highest BCUT2D eigenvalue weighted by molar-refractivity contribution is 6.13. The number of aromatic nitrogens is 4. The monoisotopic (exact) mass is 1280 g/mol. The van der Waals surface area contributed by atoms with Gasteiger partial charge in [-0.25, -0.2) is 0 Å². The van der Waals surface area contributed by atoms with Gasteiger partial charge in [-0.2, -0.15) is 4.68 Å². The molecule has 0 saturated carbocycles. The zero-order chi connectivity index (χ0) is 68.0. The number of hydrogen-bond acceptors (Lipinski definition) is 6. The fourth-order valence-corrected chi connectivity index (χ4v) is 15.2. The summed E-state index contributed by atoms with van der Waals surface area (Å²) in [6.45, 7) is 19.8. The van der Waals surface area contributed by atoms with Crippen LogP contribution >= 0.6 is 0 Å². The zero-order valence-corrected chi connectivity index (χ0v) is 58.8. The molecule has 3 atom stereocenters. The van der Waals surface area contributed by atoms with E-state index in [0.717, 1.165) is 0 Å². The summed E-state index contributed by atoms with van der Waals surface area (Å²) in [6, 6.07) is 97.0. The molecular weight excluding hydrogens is 1200 g/mol. The molecule has 0 spiro atoms. The third-order valence-corrected chi connectivity index (χ3v) is 20.5. The van der Waals surface area contributed by atoms with E-state index in [-0.39, 0.29) is 6.17 Å². The van der Waals surface area contributed by atoms with E-state index in [0.29, 0.717) is 12.3 Å². The highest BCUT2D eigenvalue weighted by Gasteiger charge is 2.36. The van der Waals surface area contributed by atoms with Gasteiger partial charge in [0.1, 0.15) is 29.5 Å². The summed E-state index contributed by atoms with van der Waals surface area (Å²) in [4.78, 5) is 14.3. The molecule has 3 aliphatic rings. The van der Waals surface area contributed by atoms with Crippen LogP contribution in [-0.2, 0) is 14.1 Å². The summed E-state index contributed by atoms with van der Waals surface area (Å²) in [5.41, 5.74) is 25.7. The summed E-state index contributed by atoms with van der Waals surface area (Å²) < 4.78 is 9.02. The van der Waals surface area contributed by atoms with E-state index in [4.69, 9.17) is 0 Å². The van der Waals surface area contributed by atoms with E-state index >= 15 is 0 Å². The first-order valence-electron chi connectivity index (χ1n) is 34.3. The van der Waals surface area contributed by atoms with Gasteiger partial charge in [-0.15, -0.1) is 9.20 Å². The Kier molecular flexibility index (Phi) is 17.4. The fraction of sp³-hybridized carbons (Fsp3) is 0.182. The average Bonchev–Trinajstić information content (AvgIpc) is 1.26. The third kappa shape index (κ3) is 11.2. The van der Waals surface area contributed by atoms with Gasteiger partial charge in [0.2, 0.25) is 11.0 Å². The van der Waals surface area contributed by atoms with Crippen LogP contribution < -0.4 is 38.6 Å². The van der Waals surface area contributed by atoms with Crippen LogP contribution in [-0.4, -0.2) is 41.8 Å². The van der Waals surface area contributed by atoms with Crippen LogP contribution in [0.5, 0.6) is 0 Å². The number of hydrogen-bond donors (Lipinski definition) is 0. The summed E-state index contributed by atoms with van der Waals surface area (Å²) in [7, 11) is 8.53. The summed E-state index contributed by atoms with van der Waals surface area (Å²) in [6.07, 6.45) is 3.05. The van der Waals surface area contributed by atoms with Crippen LogP contribution in [0.4, 0.5) is 56.9 Å². The molecule has 3 aliphatic heterocycles. The van der Waals surface area contributed by atoms with E-state index < -0.39 is 0 Å². The van der Waals surface area contributed by atoms with Crippen LogP contribution in [0.15, 0.2) is 279 Å². The Morgan fingerprint density at radius 1 is 0.306 bits per heavy atom. The largest absolute Gasteiger partial charge is 0.353 e. The number of benzene rings is 11. The van der Waals surface area contributed by atoms with E-state index in [2.05, 4.69) is 417 Å². The average molecular weight is 1290 g/mol. The first-order chi connectivity index (χ1) is 47.6. The van der Waals surface area contributed by atoms with Crippen molar-refractivity contribution < 1.29 is 9.20 Å². The van der Waals surface area contributed by atoms with Crippen LogP contribution in [0.3, 0.4) is 0 Å². The van der Waals surface area contributed by atoms with Gasteiger partial charge < -0.3 is 29.4 Å². The minimum absolute atomic E-state index is 0.232. The Balaban J connectivity index is 0.000000105. The van der Waals surface area contributed by atoms with Gasteiger partial charge in [0.25, 0.3) is 0 Å². The lowest BCUT2D eigenvalue weighted by Gasteiger charge is -2.31. The maximum atomic E-state index is 2.43. The van der Waals surface area contributed by atoms with E-state index in [1.807, 2.05) is 0 Å². The second-order valence-electron chi connectivity index (χ2n) is 26.4. The molecule has 98 heavy (non-hydrogen) atoms. The van der Waals surface area contributed by atoms with Crippen molar-refractivity contribution in [2.75, 3.05) is 43.5 Å². The maximum Gasteiger partial charge on any atom is 0.247 e. The maximum absolute atomic E-state index is 2.43. The Morgan fingerprint density at radius 3 is 1.18 bits per heavy atom. The lowest BCUT2D eigenvalue weighted by atomic mass is 10.0. The number of aryl methyl sites for hydroxylation is 8. The topological polar surface area (TPSA) is 36.8 Å². The summed E-state index contributed by atoms with van der Waals surface area (Å²) >= 11 is 0. The second kappa shape index (κ2) is 26.7. The fourth-order valence-electron chi connectivity index (χ4n) is 15.2. The number of pyridine rings is 2. The predicted octanol–water partition coefficient (Wildman–Crippen LogP) is 20.6. The van der Waals surface area contributed by atoms with Crippen LogP contribution in [0.25, 0.3) is 54.4 Å². The molecule has 0 unspecified atom stereocenters. The molecule has 488 valence electrons. The highest BCUT2D eigenvalue weighted by atomic mass is 15.4. The van der Waals surface area contributed by atoms with Crippen molar-refractivity contribution in [3.05, 3.63) is 313 Å². The number of rotatable bonds is 4. The van der Waals surface area contributed by atoms with Crippen LogP contribution in [0.1, 0.15) is 54.3 Å². The molecule has 15 aromatic rings. The minimum Gasteiger partial charge on any atom is -0.353 e. The van der Waals surface area contributed by atoms with Gasteiger partial charge in [0.05, 0.1) is 57.6 Å². The lowest BCUT2D eigenvalue weighted by molar-refractivity contribution is -0.735. The number of anilines is 10. The van der Waals surface area contributed by atoms with Gasteiger partial charge in [0.15, 0.2) is 13.2 Å². The molecule has 0 N–H and O–H groups in total. The lowest BCUT2D eigenvalue weighted by Crippen LogP contribution is -2.35. The molecule has 0 aliphatic carbocycles. The first-order valence-corrected chi connectivity index (χ1v) is 34.3. The van der Waals surface area contributed by atoms with Crippen LogP contribution in [0.2, 0.25) is 0 Å². The van der Waals surface area contributed by atoms with Gasteiger partial charge in [-0.3, -0.25) is 0 Å². The molecule has 0 bridgehead atoms. The molecular formula is C88H88N10+2. The SMILES string of the molecule is Cc1cccc2c3ccccc3c3cc(C)n(C)[n+]3c12.Cc1cccc2c3ccccc3c3cc[n+](C)n3c12.Cc1ccccc1N1c2ccccc2N(C)[C@H]1C.Cc1ccccc1N1c2ccccc2N(C)[C@H]1C.Cc1ccccc1N1c2ccccc2N(c2ccccc2)[C@H]1C. The molecule has 0 amide bonds. The Labute approximate surface area is 577 Å². The first kappa shape index (κ1) is 64.0. The van der Waals surface area contributed by atoms with Crippen LogP contribution in [0, 0.1) is 41.5 Å². The Hall–Kier alpha value is -11.4. The van der Waals surface area contributed by atoms with E-state index in [9.17, 15) is 0 Å². The molecule has 10 nitrogen and oxygen atoms in total. The van der Waals surface area contributed by atoms with Gasteiger partial charge >= 0.3 is 0 Å². The van der Waals surface area contributed by atoms with Crippen molar-refractivity contribution in [1.29, 1.82) is 0 Å². The summed E-state index contributed by atoms with van der Waals surface area (Å²) in [5.74, 6) is 0. The smallest absolute Gasteiger partial charge is 0.247 e. The molecule has 4 aromatic heterocycles. The van der Waals surface area contributed by atoms with Crippen molar-refractivity contribution >= 4 is 111 Å². The van der Waals surface area contributed by atoms with Gasteiger partial charge in [-0.05, 0) is 169 Å². The van der Waals surface area contributed by atoms with E-state index in [1.165, 1.54) is 145 Å². The number of nitrogens with zero attached hydrogens (tertiary/aromatic N) is 10. The second-order valence-corrected chi connectivity index (χ2v) is 26.4. The highest BCUT2D eigenvalue weighted by Crippen LogP contribution is 2.49. The Morgan fingerprint density at radius 2 is 0.673 bits per heavy atom. The Bertz CT molecular complexity index is 5330. The quantitative estimate of drug-likeness (QED) is 0.129.